The summed E-state index contributed by atoms with van der Waals surface area (Å²) < 4.78 is 14.3. The maximum absolute atomic E-state index is 13.4. The minimum absolute atomic E-state index is 0.0252. The molecule has 1 aromatic carbocycles. The average Bonchev–Trinajstić information content (AvgIpc) is 2.34. The Kier molecular flexibility index (Phi) is 6.63. The molecule has 0 saturated heterocycles. The first-order valence-corrected chi connectivity index (χ1v) is 8.05. The van der Waals surface area contributed by atoms with Crippen molar-refractivity contribution in [2.24, 2.45) is 5.73 Å². The number of nitrogens with zero attached hydrogens (tertiary/aromatic N) is 1. The minimum atomic E-state index is -0.224. The van der Waals surface area contributed by atoms with Crippen LogP contribution in [0, 0.1) is 5.82 Å². The predicted molar refractivity (Wildman–Crippen MR) is 81.5 cm³/mol. The van der Waals surface area contributed by atoms with Crippen molar-refractivity contribution in [1.82, 2.24) is 4.90 Å². The molecule has 0 aliphatic heterocycles. The SMILES string of the molecule is CSCC(C)N(C)C(CN)c1cc(F)ccc1Br. The van der Waals surface area contributed by atoms with E-state index < -0.39 is 0 Å². The van der Waals surface area contributed by atoms with E-state index in [-0.39, 0.29) is 11.9 Å². The summed E-state index contributed by atoms with van der Waals surface area (Å²) in [5, 5.41) is 0. The van der Waals surface area contributed by atoms with Crippen molar-refractivity contribution in [2.75, 3.05) is 25.6 Å². The molecule has 2 atom stereocenters. The molecule has 5 heteroatoms. The van der Waals surface area contributed by atoms with Crippen LogP contribution in [0.15, 0.2) is 22.7 Å². The fourth-order valence-electron chi connectivity index (χ4n) is 1.95. The van der Waals surface area contributed by atoms with Crippen molar-refractivity contribution < 1.29 is 4.39 Å². The van der Waals surface area contributed by atoms with Crippen LogP contribution in [0.4, 0.5) is 4.39 Å². The summed E-state index contributed by atoms with van der Waals surface area (Å²) in [6.45, 7) is 2.63. The third-order valence-electron chi connectivity index (χ3n) is 3.14. The van der Waals surface area contributed by atoms with Gasteiger partial charge in [-0.3, -0.25) is 4.90 Å². The number of benzene rings is 1. The molecule has 0 bridgehead atoms. The second-order valence-corrected chi connectivity index (χ2v) is 6.15. The predicted octanol–water partition coefficient (Wildman–Crippen LogP) is 3.27. The second-order valence-electron chi connectivity index (χ2n) is 4.39. The van der Waals surface area contributed by atoms with Crippen LogP contribution < -0.4 is 5.73 Å². The lowest BCUT2D eigenvalue weighted by Crippen LogP contribution is -2.38. The highest BCUT2D eigenvalue weighted by molar-refractivity contribution is 9.10. The number of halogens is 2. The van der Waals surface area contributed by atoms with Gasteiger partial charge in [-0.05, 0) is 44.0 Å². The fourth-order valence-corrected chi connectivity index (χ4v) is 3.18. The molecule has 1 aromatic rings. The second kappa shape index (κ2) is 7.48. The number of rotatable bonds is 6. The van der Waals surface area contributed by atoms with Gasteiger partial charge < -0.3 is 5.73 Å². The highest BCUT2D eigenvalue weighted by atomic mass is 79.9. The van der Waals surface area contributed by atoms with E-state index >= 15 is 0 Å². The van der Waals surface area contributed by atoms with E-state index in [9.17, 15) is 4.39 Å². The van der Waals surface area contributed by atoms with E-state index in [1.807, 2.05) is 7.05 Å². The van der Waals surface area contributed by atoms with Gasteiger partial charge in [-0.15, -0.1) is 0 Å². The van der Waals surface area contributed by atoms with Crippen LogP contribution in [0.5, 0.6) is 0 Å². The van der Waals surface area contributed by atoms with Gasteiger partial charge >= 0.3 is 0 Å². The third-order valence-corrected chi connectivity index (χ3v) is 4.67. The van der Waals surface area contributed by atoms with Crippen LogP contribution in [-0.2, 0) is 0 Å². The van der Waals surface area contributed by atoms with E-state index in [4.69, 9.17) is 5.73 Å². The van der Waals surface area contributed by atoms with Gasteiger partial charge in [0.15, 0.2) is 0 Å². The van der Waals surface area contributed by atoms with E-state index in [1.165, 1.54) is 6.07 Å². The van der Waals surface area contributed by atoms with Crippen LogP contribution in [0.1, 0.15) is 18.5 Å². The maximum atomic E-state index is 13.4. The normalized spacial score (nSPS) is 14.8. The third kappa shape index (κ3) is 3.95. The topological polar surface area (TPSA) is 29.3 Å². The zero-order chi connectivity index (χ0) is 13.7. The summed E-state index contributed by atoms with van der Waals surface area (Å²) in [5.74, 6) is 0.803. The first-order chi connectivity index (χ1) is 8.51. The Bertz CT molecular complexity index is 389. The molecular weight excluding hydrogens is 315 g/mol. The number of hydrogen-bond acceptors (Lipinski definition) is 3. The first-order valence-electron chi connectivity index (χ1n) is 5.87. The molecule has 0 fully saturated rings. The molecule has 0 spiro atoms. The van der Waals surface area contributed by atoms with E-state index in [2.05, 4.69) is 34.0 Å². The Morgan fingerprint density at radius 2 is 2.17 bits per heavy atom. The van der Waals surface area contributed by atoms with Crippen LogP contribution >= 0.6 is 27.7 Å². The largest absolute Gasteiger partial charge is 0.329 e. The molecule has 0 radical (unpaired) electrons. The van der Waals surface area contributed by atoms with Gasteiger partial charge in [0.05, 0.1) is 0 Å². The lowest BCUT2D eigenvalue weighted by atomic mass is 10.0. The van der Waals surface area contributed by atoms with Crippen molar-refractivity contribution in [3.8, 4) is 0 Å². The van der Waals surface area contributed by atoms with Crippen molar-refractivity contribution in [1.29, 1.82) is 0 Å². The molecule has 0 saturated carbocycles. The van der Waals surface area contributed by atoms with Crippen molar-refractivity contribution in [3.05, 3.63) is 34.1 Å². The fraction of sp³-hybridized carbons (Fsp3) is 0.538. The van der Waals surface area contributed by atoms with Crippen molar-refractivity contribution >= 4 is 27.7 Å². The summed E-state index contributed by atoms with van der Waals surface area (Å²) in [6.07, 6.45) is 2.08. The summed E-state index contributed by atoms with van der Waals surface area (Å²) in [7, 11) is 2.04. The van der Waals surface area contributed by atoms with Crippen molar-refractivity contribution in [2.45, 2.75) is 19.0 Å². The Morgan fingerprint density at radius 3 is 2.72 bits per heavy atom. The van der Waals surface area contributed by atoms with E-state index in [1.54, 1.807) is 23.9 Å². The minimum Gasteiger partial charge on any atom is -0.329 e. The molecular formula is C13H20BrFN2S. The Labute approximate surface area is 121 Å². The molecule has 0 aliphatic rings. The van der Waals surface area contributed by atoms with Gasteiger partial charge in [0, 0.05) is 28.9 Å². The summed E-state index contributed by atoms with van der Waals surface area (Å²) in [4.78, 5) is 2.20. The van der Waals surface area contributed by atoms with Gasteiger partial charge in [-0.1, -0.05) is 15.9 Å². The first kappa shape index (κ1) is 16.0. The summed E-state index contributed by atoms with van der Waals surface area (Å²) in [6, 6.07) is 5.16. The van der Waals surface area contributed by atoms with Crippen molar-refractivity contribution in [3.63, 3.8) is 0 Å². The van der Waals surface area contributed by atoms with Crippen LogP contribution in [0.25, 0.3) is 0 Å². The Morgan fingerprint density at radius 1 is 1.50 bits per heavy atom. The van der Waals surface area contributed by atoms with Crippen LogP contribution in [-0.4, -0.2) is 36.5 Å². The molecule has 18 heavy (non-hydrogen) atoms. The van der Waals surface area contributed by atoms with Gasteiger partial charge in [0.25, 0.3) is 0 Å². The highest BCUT2D eigenvalue weighted by Crippen LogP contribution is 2.28. The van der Waals surface area contributed by atoms with Gasteiger partial charge in [-0.2, -0.15) is 11.8 Å². The lowest BCUT2D eigenvalue weighted by Gasteiger charge is -2.33. The van der Waals surface area contributed by atoms with Gasteiger partial charge in [-0.25, -0.2) is 4.39 Å². The number of nitrogens with two attached hydrogens (primary N) is 1. The Balaban J connectivity index is 2.98. The maximum Gasteiger partial charge on any atom is 0.123 e. The summed E-state index contributed by atoms with van der Waals surface area (Å²) in [5.41, 5.74) is 6.78. The zero-order valence-electron chi connectivity index (χ0n) is 11.0. The molecule has 2 nitrogen and oxygen atoms in total. The zero-order valence-corrected chi connectivity index (χ0v) is 13.4. The lowest BCUT2D eigenvalue weighted by molar-refractivity contribution is 0.203. The number of likely N-dealkylation sites (N-methyl/N-ethyl adjacent to an activating group) is 1. The monoisotopic (exact) mass is 334 g/mol. The molecule has 102 valence electrons. The van der Waals surface area contributed by atoms with Crippen LogP contribution in [0.3, 0.4) is 0 Å². The molecule has 0 heterocycles. The highest BCUT2D eigenvalue weighted by Gasteiger charge is 2.22. The van der Waals surface area contributed by atoms with Gasteiger partial charge in [0.2, 0.25) is 0 Å². The van der Waals surface area contributed by atoms with Gasteiger partial charge in [0.1, 0.15) is 5.82 Å². The molecule has 2 unspecified atom stereocenters. The number of hydrogen-bond donors (Lipinski definition) is 1. The standard InChI is InChI=1S/C13H20BrFN2S/c1-9(8-18-3)17(2)13(7-16)11-6-10(15)4-5-12(11)14/h4-6,9,13H,7-8,16H2,1-3H3. The molecule has 0 aromatic heterocycles. The smallest absolute Gasteiger partial charge is 0.123 e. The van der Waals surface area contributed by atoms with Crippen LogP contribution in [0.2, 0.25) is 0 Å². The molecule has 2 N–H and O–H groups in total. The quantitative estimate of drug-likeness (QED) is 0.865. The molecule has 1 rings (SSSR count). The van der Waals surface area contributed by atoms with E-state index in [0.717, 1.165) is 15.8 Å². The molecule has 0 aliphatic carbocycles. The molecule has 0 amide bonds. The Hall–Kier alpha value is -0.100. The van der Waals surface area contributed by atoms with E-state index in [0.29, 0.717) is 12.6 Å². The average molecular weight is 335 g/mol. The number of thioether (sulfide) groups is 1. The summed E-state index contributed by atoms with van der Waals surface area (Å²) >= 11 is 5.27.